The summed E-state index contributed by atoms with van der Waals surface area (Å²) in [5.74, 6) is -0.00375. The first-order valence-electron chi connectivity index (χ1n) is 7.04. The van der Waals surface area contributed by atoms with E-state index in [0.717, 1.165) is 0 Å². The fourth-order valence-corrected chi connectivity index (χ4v) is 2.99. The highest BCUT2D eigenvalue weighted by Crippen LogP contribution is 2.36. The molecule has 0 aliphatic carbocycles. The van der Waals surface area contributed by atoms with E-state index < -0.39 is 5.63 Å². The minimum absolute atomic E-state index is 0.0898. The van der Waals surface area contributed by atoms with Crippen LogP contribution < -0.4 is 5.63 Å². The third kappa shape index (κ3) is 1.87. The van der Waals surface area contributed by atoms with Crippen LogP contribution in [0.5, 0.6) is 11.5 Å². The van der Waals surface area contributed by atoms with Crippen LogP contribution in [0.3, 0.4) is 0 Å². The fraction of sp³-hybridized carbons (Fsp3) is 0.0556. The standard InChI is InChI=1S/C18H12O5/c19-8-9-6-13-16(15(21)7-9)12-5-4-10-11(2-1-3-14(10)20)17(12)23-18(13)22/h1-7,19-21H,8H2. The highest BCUT2D eigenvalue weighted by molar-refractivity contribution is 6.16. The first kappa shape index (κ1) is 13.6. The van der Waals surface area contributed by atoms with E-state index >= 15 is 0 Å². The van der Waals surface area contributed by atoms with E-state index in [2.05, 4.69) is 0 Å². The lowest BCUT2D eigenvalue weighted by molar-refractivity contribution is 0.281. The predicted molar refractivity (Wildman–Crippen MR) is 86.7 cm³/mol. The van der Waals surface area contributed by atoms with E-state index in [1.807, 2.05) is 0 Å². The Kier molecular flexibility index (Phi) is 2.79. The lowest BCUT2D eigenvalue weighted by atomic mass is 10.0. The molecule has 0 bridgehead atoms. The van der Waals surface area contributed by atoms with Crippen LogP contribution >= 0.6 is 0 Å². The highest BCUT2D eigenvalue weighted by atomic mass is 16.4. The maximum absolute atomic E-state index is 12.3. The van der Waals surface area contributed by atoms with Crippen LogP contribution in [0.15, 0.2) is 51.7 Å². The zero-order valence-corrected chi connectivity index (χ0v) is 11.9. The largest absolute Gasteiger partial charge is 0.507 e. The minimum Gasteiger partial charge on any atom is -0.507 e. The van der Waals surface area contributed by atoms with E-state index in [1.165, 1.54) is 12.1 Å². The minimum atomic E-state index is -0.603. The van der Waals surface area contributed by atoms with Crippen molar-refractivity contribution in [3.63, 3.8) is 0 Å². The second kappa shape index (κ2) is 4.72. The van der Waals surface area contributed by atoms with E-state index in [9.17, 15) is 20.1 Å². The van der Waals surface area contributed by atoms with Crippen molar-refractivity contribution < 1.29 is 19.7 Å². The van der Waals surface area contributed by atoms with Gasteiger partial charge in [0.2, 0.25) is 0 Å². The summed E-state index contributed by atoms with van der Waals surface area (Å²) in [6.45, 7) is -0.285. The van der Waals surface area contributed by atoms with Gasteiger partial charge < -0.3 is 19.7 Å². The summed E-state index contributed by atoms with van der Waals surface area (Å²) in [5, 5.41) is 31.8. The van der Waals surface area contributed by atoms with Gasteiger partial charge in [0.05, 0.1) is 12.0 Å². The first-order chi connectivity index (χ1) is 11.1. The number of aliphatic hydroxyl groups excluding tert-OH is 1. The van der Waals surface area contributed by atoms with Gasteiger partial charge in [0, 0.05) is 21.5 Å². The maximum atomic E-state index is 12.3. The van der Waals surface area contributed by atoms with Gasteiger partial charge in [-0.2, -0.15) is 0 Å². The molecule has 5 nitrogen and oxygen atoms in total. The van der Waals surface area contributed by atoms with E-state index in [1.54, 1.807) is 30.3 Å². The number of aromatic hydroxyl groups is 2. The predicted octanol–water partition coefficient (Wildman–Crippen LogP) is 3.00. The molecule has 114 valence electrons. The number of rotatable bonds is 1. The molecule has 23 heavy (non-hydrogen) atoms. The topological polar surface area (TPSA) is 90.9 Å². The zero-order valence-electron chi connectivity index (χ0n) is 11.9. The van der Waals surface area contributed by atoms with Gasteiger partial charge in [-0.1, -0.05) is 12.1 Å². The lowest BCUT2D eigenvalue weighted by Gasteiger charge is -2.09. The van der Waals surface area contributed by atoms with E-state index in [0.29, 0.717) is 32.7 Å². The number of hydrogen-bond donors (Lipinski definition) is 3. The molecular formula is C18H12O5. The number of fused-ring (bicyclic) bond motifs is 5. The Bertz CT molecular complexity index is 1140. The summed E-state index contributed by atoms with van der Waals surface area (Å²) >= 11 is 0. The molecule has 4 aromatic rings. The van der Waals surface area contributed by atoms with Gasteiger partial charge >= 0.3 is 5.63 Å². The molecule has 0 unspecified atom stereocenters. The summed E-state index contributed by atoms with van der Waals surface area (Å²) in [5.41, 5.74) is 0.136. The number of aliphatic hydroxyl groups is 1. The van der Waals surface area contributed by atoms with E-state index in [-0.39, 0.29) is 23.5 Å². The van der Waals surface area contributed by atoms with Gasteiger partial charge in [-0.25, -0.2) is 4.79 Å². The Morgan fingerprint density at radius 1 is 0.870 bits per heavy atom. The molecule has 5 heteroatoms. The number of benzene rings is 3. The summed E-state index contributed by atoms with van der Waals surface area (Å²) in [6.07, 6.45) is 0. The maximum Gasteiger partial charge on any atom is 0.344 e. The van der Waals surface area contributed by atoms with Crippen molar-refractivity contribution in [1.82, 2.24) is 0 Å². The number of phenolic OH excluding ortho intramolecular Hbond substituents is 2. The first-order valence-corrected chi connectivity index (χ1v) is 7.04. The van der Waals surface area contributed by atoms with Crippen LogP contribution in [0.2, 0.25) is 0 Å². The monoisotopic (exact) mass is 308 g/mol. The van der Waals surface area contributed by atoms with Crippen molar-refractivity contribution in [2.45, 2.75) is 6.61 Å². The smallest absolute Gasteiger partial charge is 0.344 e. The van der Waals surface area contributed by atoms with Gasteiger partial charge in [-0.3, -0.25) is 0 Å². The fourth-order valence-electron chi connectivity index (χ4n) is 2.99. The normalized spacial score (nSPS) is 11.5. The molecular weight excluding hydrogens is 296 g/mol. The molecule has 0 amide bonds. The van der Waals surface area contributed by atoms with Crippen LogP contribution in [0, 0.1) is 0 Å². The molecule has 1 heterocycles. The molecule has 0 radical (unpaired) electrons. The highest BCUT2D eigenvalue weighted by Gasteiger charge is 2.15. The Labute approximate surface area is 129 Å². The molecule has 0 aliphatic heterocycles. The van der Waals surface area contributed by atoms with Gasteiger partial charge in [0.15, 0.2) is 0 Å². The van der Waals surface area contributed by atoms with Crippen LogP contribution in [-0.4, -0.2) is 15.3 Å². The van der Waals surface area contributed by atoms with Crippen molar-refractivity contribution >= 4 is 32.5 Å². The van der Waals surface area contributed by atoms with Crippen LogP contribution in [-0.2, 0) is 6.61 Å². The van der Waals surface area contributed by atoms with Crippen LogP contribution in [0.4, 0.5) is 0 Å². The summed E-state index contributed by atoms with van der Waals surface area (Å²) in [7, 11) is 0. The van der Waals surface area contributed by atoms with Crippen molar-refractivity contribution in [3.05, 3.63) is 58.4 Å². The number of phenols is 2. The molecule has 4 rings (SSSR count). The lowest BCUT2D eigenvalue weighted by Crippen LogP contribution is -2.01. The Morgan fingerprint density at radius 2 is 1.65 bits per heavy atom. The van der Waals surface area contributed by atoms with E-state index in [4.69, 9.17) is 4.42 Å². The summed E-state index contributed by atoms with van der Waals surface area (Å²) < 4.78 is 5.44. The SMILES string of the molecule is O=c1oc2c3cccc(O)c3ccc2c2c(O)cc(CO)cc12. The molecule has 3 N–H and O–H groups in total. The third-order valence-electron chi connectivity index (χ3n) is 4.03. The second-order valence-corrected chi connectivity index (χ2v) is 5.40. The third-order valence-corrected chi connectivity index (χ3v) is 4.03. The second-order valence-electron chi connectivity index (χ2n) is 5.40. The van der Waals surface area contributed by atoms with Gasteiger partial charge in [0.25, 0.3) is 0 Å². The van der Waals surface area contributed by atoms with Crippen molar-refractivity contribution in [2.75, 3.05) is 0 Å². The molecule has 0 saturated heterocycles. The quantitative estimate of drug-likeness (QED) is 0.371. The average Bonchev–Trinajstić information content (AvgIpc) is 2.55. The van der Waals surface area contributed by atoms with Crippen molar-refractivity contribution in [1.29, 1.82) is 0 Å². The van der Waals surface area contributed by atoms with Gasteiger partial charge in [0.1, 0.15) is 17.1 Å². The Morgan fingerprint density at radius 3 is 2.43 bits per heavy atom. The molecule has 0 aliphatic rings. The zero-order chi connectivity index (χ0) is 16.1. The molecule has 1 aromatic heterocycles. The van der Waals surface area contributed by atoms with Crippen molar-refractivity contribution in [3.8, 4) is 11.5 Å². The Hall–Kier alpha value is -3.05. The van der Waals surface area contributed by atoms with Crippen molar-refractivity contribution in [2.24, 2.45) is 0 Å². The average molecular weight is 308 g/mol. The molecule has 0 spiro atoms. The summed E-state index contributed by atoms with van der Waals surface area (Å²) in [6, 6.07) is 11.3. The van der Waals surface area contributed by atoms with Crippen LogP contribution in [0.25, 0.3) is 32.5 Å². The van der Waals surface area contributed by atoms with Gasteiger partial charge in [-0.05, 0) is 35.9 Å². The summed E-state index contributed by atoms with van der Waals surface area (Å²) in [4.78, 5) is 12.3. The molecule has 0 saturated carbocycles. The molecule has 0 atom stereocenters. The van der Waals surface area contributed by atoms with Crippen LogP contribution in [0.1, 0.15) is 5.56 Å². The van der Waals surface area contributed by atoms with Gasteiger partial charge in [-0.15, -0.1) is 0 Å². The molecule has 0 fully saturated rings. The molecule has 3 aromatic carbocycles. The Balaban J connectivity index is 2.29. The number of hydrogen-bond acceptors (Lipinski definition) is 5.